The molecule has 2 aromatic heterocycles. The molecule has 1 N–H and O–H groups in total. The highest BCUT2D eigenvalue weighted by atomic mass is 35.5. The van der Waals surface area contributed by atoms with E-state index in [1.165, 1.54) is 0 Å². The number of rotatable bonds is 3. The van der Waals surface area contributed by atoms with E-state index in [0.29, 0.717) is 42.5 Å². The summed E-state index contributed by atoms with van der Waals surface area (Å²) >= 11 is 6.14. The van der Waals surface area contributed by atoms with Crippen molar-refractivity contribution in [2.45, 2.75) is 6.92 Å². The topological polar surface area (TPSA) is 75.9 Å². The van der Waals surface area contributed by atoms with Gasteiger partial charge in [-0.25, -0.2) is 4.98 Å². The van der Waals surface area contributed by atoms with Gasteiger partial charge in [0.25, 0.3) is 11.8 Å². The molecule has 1 saturated heterocycles. The molecule has 1 aliphatic heterocycles. The van der Waals surface area contributed by atoms with Crippen LogP contribution < -0.4 is 5.32 Å². The predicted molar refractivity (Wildman–Crippen MR) is 106 cm³/mol. The third-order valence-electron chi connectivity index (χ3n) is 4.68. The third kappa shape index (κ3) is 3.46. The molecular formula is C20H19ClN4O3. The lowest BCUT2D eigenvalue weighted by Gasteiger charge is -2.26. The summed E-state index contributed by atoms with van der Waals surface area (Å²) in [6, 6.07) is 10.7. The largest absolute Gasteiger partial charge is 0.378 e. The Morgan fingerprint density at radius 1 is 1.18 bits per heavy atom. The summed E-state index contributed by atoms with van der Waals surface area (Å²) in [5.41, 5.74) is 2.24. The number of anilines is 1. The lowest BCUT2D eigenvalue weighted by atomic mass is 10.2. The summed E-state index contributed by atoms with van der Waals surface area (Å²) in [7, 11) is 0. The van der Waals surface area contributed by atoms with Gasteiger partial charge >= 0.3 is 0 Å². The van der Waals surface area contributed by atoms with Crippen molar-refractivity contribution in [1.82, 2.24) is 14.3 Å². The first-order chi connectivity index (χ1) is 13.5. The minimum atomic E-state index is -0.398. The normalized spacial score (nSPS) is 14.3. The number of ether oxygens (including phenoxy) is 1. The predicted octanol–water partition coefficient (Wildman–Crippen LogP) is 3.02. The van der Waals surface area contributed by atoms with Gasteiger partial charge in [0, 0.05) is 30.0 Å². The Balaban J connectivity index is 1.68. The number of aromatic nitrogens is 2. The van der Waals surface area contributed by atoms with Crippen LogP contribution in [0.1, 0.15) is 26.7 Å². The minimum absolute atomic E-state index is 0.189. The molecule has 4 rings (SSSR count). The highest BCUT2D eigenvalue weighted by Crippen LogP contribution is 2.22. The number of hydrogen-bond donors (Lipinski definition) is 1. The molecule has 28 heavy (non-hydrogen) atoms. The molecule has 1 aliphatic rings. The summed E-state index contributed by atoms with van der Waals surface area (Å²) < 4.78 is 6.95. The van der Waals surface area contributed by atoms with Gasteiger partial charge in [-0.05, 0) is 36.8 Å². The Morgan fingerprint density at radius 3 is 2.71 bits per heavy atom. The van der Waals surface area contributed by atoms with E-state index in [0.717, 1.165) is 5.56 Å². The monoisotopic (exact) mass is 398 g/mol. The van der Waals surface area contributed by atoms with Crippen molar-refractivity contribution >= 4 is 34.6 Å². The van der Waals surface area contributed by atoms with Gasteiger partial charge in [0.05, 0.1) is 18.7 Å². The Hall–Kier alpha value is -2.90. The van der Waals surface area contributed by atoms with Crippen LogP contribution in [0.2, 0.25) is 5.02 Å². The van der Waals surface area contributed by atoms with Gasteiger partial charge < -0.3 is 15.0 Å². The molecule has 0 saturated carbocycles. The van der Waals surface area contributed by atoms with E-state index in [1.807, 2.05) is 13.0 Å². The summed E-state index contributed by atoms with van der Waals surface area (Å²) in [6.07, 6.45) is 1.73. The number of pyridine rings is 1. The molecular weight excluding hydrogens is 380 g/mol. The number of hydrogen-bond acceptors (Lipinski definition) is 4. The first-order valence-corrected chi connectivity index (χ1v) is 9.34. The number of nitrogens with zero attached hydrogens (tertiary/aromatic N) is 3. The van der Waals surface area contributed by atoms with Gasteiger partial charge in [-0.15, -0.1) is 0 Å². The number of amides is 2. The highest BCUT2D eigenvalue weighted by molar-refractivity contribution is 6.31. The minimum Gasteiger partial charge on any atom is -0.378 e. The second kappa shape index (κ2) is 7.61. The standard InChI is InChI=1S/C20H19ClN4O3/c1-13-5-6-14(12-15(13)21)22-19(26)17-16-4-2-3-7-25(16)18(23-17)20(27)24-8-10-28-11-9-24/h2-7,12H,8-11H2,1H3,(H,22,26). The van der Waals surface area contributed by atoms with Crippen molar-refractivity contribution in [2.75, 3.05) is 31.6 Å². The molecule has 0 atom stereocenters. The second-order valence-corrected chi connectivity index (χ2v) is 6.97. The van der Waals surface area contributed by atoms with Gasteiger partial charge in [-0.3, -0.25) is 14.0 Å². The quantitative estimate of drug-likeness (QED) is 0.735. The molecule has 0 unspecified atom stereocenters. The zero-order valence-corrected chi connectivity index (χ0v) is 16.1. The smallest absolute Gasteiger partial charge is 0.290 e. The first kappa shape index (κ1) is 18.5. The molecule has 2 amide bonds. The van der Waals surface area contributed by atoms with E-state index in [-0.39, 0.29) is 17.4 Å². The Kier molecular flexibility index (Phi) is 5.02. The highest BCUT2D eigenvalue weighted by Gasteiger charge is 2.26. The number of carbonyl (C=O) groups is 2. The van der Waals surface area contributed by atoms with E-state index >= 15 is 0 Å². The van der Waals surface area contributed by atoms with Crippen molar-refractivity contribution < 1.29 is 14.3 Å². The van der Waals surface area contributed by atoms with Crippen LogP contribution in [0, 0.1) is 6.92 Å². The molecule has 7 nitrogen and oxygen atoms in total. The molecule has 1 aromatic carbocycles. The number of imidazole rings is 1. The maximum atomic E-state index is 12.9. The van der Waals surface area contributed by atoms with E-state index < -0.39 is 5.91 Å². The molecule has 3 aromatic rings. The van der Waals surface area contributed by atoms with Crippen LogP contribution in [-0.4, -0.2) is 52.4 Å². The zero-order chi connectivity index (χ0) is 19.7. The summed E-state index contributed by atoms with van der Waals surface area (Å²) in [4.78, 5) is 31.9. The van der Waals surface area contributed by atoms with Gasteiger partial charge in [0.1, 0.15) is 0 Å². The van der Waals surface area contributed by atoms with Gasteiger partial charge in [0.15, 0.2) is 5.69 Å². The number of aryl methyl sites for hydroxylation is 1. The SMILES string of the molecule is Cc1ccc(NC(=O)c2nc(C(=O)N3CCOCC3)n3ccccc23)cc1Cl. The van der Waals surface area contributed by atoms with Crippen LogP contribution in [0.4, 0.5) is 5.69 Å². The fourth-order valence-corrected chi connectivity index (χ4v) is 3.31. The van der Waals surface area contributed by atoms with Crippen LogP contribution in [0.15, 0.2) is 42.6 Å². The Bertz CT molecular complexity index is 1060. The number of fused-ring (bicyclic) bond motifs is 1. The van der Waals surface area contributed by atoms with Crippen LogP contribution in [0.3, 0.4) is 0 Å². The number of morpholine rings is 1. The molecule has 3 heterocycles. The van der Waals surface area contributed by atoms with E-state index in [1.54, 1.807) is 45.8 Å². The second-order valence-electron chi connectivity index (χ2n) is 6.56. The van der Waals surface area contributed by atoms with Crippen LogP contribution in [0.5, 0.6) is 0 Å². The molecule has 0 bridgehead atoms. The summed E-state index contributed by atoms with van der Waals surface area (Å²) in [5, 5.41) is 3.37. The molecule has 0 radical (unpaired) electrons. The fourth-order valence-electron chi connectivity index (χ4n) is 3.12. The maximum absolute atomic E-state index is 12.9. The van der Waals surface area contributed by atoms with E-state index in [4.69, 9.17) is 16.3 Å². The molecule has 0 aliphatic carbocycles. The lowest BCUT2D eigenvalue weighted by Crippen LogP contribution is -2.41. The van der Waals surface area contributed by atoms with E-state index in [2.05, 4.69) is 10.3 Å². The molecule has 0 spiro atoms. The van der Waals surface area contributed by atoms with Crippen molar-refractivity contribution in [2.24, 2.45) is 0 Å². The average molecular weight is 399 g/mol. The van der Waals surface area contributed by atoms with Gasteiger partial charge in [0.2, 0.25) is 5.82 Å². The number of carbonyl (C=O) groups excluding carboxylic acids is 2. The van der Waals surface area contributed by atoms with Crippen molar-refractivity contribution in [3.8, 4) is 0 Å². The number of benzene rings is 1. The van der Waals surface area contributed by atoms with Gasteiger partial charge in [-0.2, -0.15) is 0 Å². The summed E-state index contributed by atoms with van der Waals surface area (Å²) in [5.74, 6) is -0.406. The fraction of sp³-hybridized carbons (Fsp3) is 0.250. The molecule has 1 fully saturated rings. The molecule has 144 valence electrons. The first-order valence-electron chi connectivity index (χ1n) is 8.96. The van der Waals surface area contributed by atoms with Crippen LogP contribution >= 0.6 is 11.6 Å². The van der Waals surface area contributed by atoms with Crippen LogP contribution in [-0.2, 0) is 4.74 Å². The number of halogens is 1. The van der Waals surface area contributed by atoms with Crippen molar-refractivity contribution in [3.63, 3.8) is 0 Å². The third-order valence-corrected chi connectivity index (χ3v) is 5.09. The molecule has 8 heteroatoms. The number of nitrogens with one attached hydrogen (secondary N) is 1. The van der Waals surface area contributed by atoms with Crippen LogP contribution in [0.25, 0.3) is 5.52 Å². The van der Waals surface area contributed by atoms with Gasteiger partial charge in [-0.1, -0.05) is 23.7 Å². The Morgan fingerprint density at radius 2 is 1.96 bits per heavy atom. The van der Waals surface area contributed by atoms with Crippen molar-refractivity contribution in [3.05, 3.63) is 64.7 Å². The zero-order valence-electron chi connectivity index (χ0n) is 15.3. The van der Waals surface area contributed by atoms with Crippen molar-refractivity contribution in [1.29, 1.82) is 0 Å². The summed E-state index contributed by atoms with van der Waals surface area (Å²) in [6.45, 7) is 3.89. The average Bonchev–Trinajstić information content (AvgIpc) is 3.11. The van der Waals surface area contributed by atoms with E-state index in [9.17, 15) is 9.59 Å². The maximum Gasteiger partial charge on any atom is 0.290 e. The Labute approximate surface area is 166 Å². The lowest BCUT2D eigenvalue weighted by molar-refractivity contribution is 0.0294.